The van der Waals surface area contributed by atoms with Gasteiger partial charge in [0.05, 0.1) is 10.1 Å². The first kappa shape index (κ1) is 21.2. The van der Waals surface area contributed by atoms with Gasteiger partial charge in [0.25, 0.3) is 0 Å². The Labute approximate surface area is 116 Å². The topological polar surface area (TPSA) is 77.4 Å². The van der Waals surface area contributed by atoms with E-state index in [0.29, 0.717) is 6.42 Å². The Hall–Kier alpha value is 0.870. The van der Waals surface area contributed by atoms with Crippen molar-refractivity contribution >= 4 is 10.1 Å². The third-order valence-corrected chi connectivity index (χ3v) is 2.54. The maximum atomic E-state index is 10.2. The number of unbranched alkanes of at least 4 members (excludes halogenated alkanes) is 5. The predicted octanol–water partition coefficient (Wildman–Crippen LogP) is -1.50. The van der Waals surface area contributed by atoms with Crippen molar-refractivity contribution in [1.29, 1.82) is 0 Å². The Balaban J connectivity index is -0.000000449. The van der Waals surface area contributed by atoms with Gasteiger partial charge < -0.3 is 9.66 Å². The van der Waals surface area contributed by atoms with E-state index in [0.717, 1.165) is 26.4 Å². The summed E-state index contributed by atoms with van der Waals surface area (Å²) in [6.07, 6.45) is 5.96. The smallest absolute Gasteiger partial charge is 0.748 e. The minimum absolute atomic E-state index is 0. The molecule has 6 heteroatoms. The third-order valence-electron chi connectivity index (χ3n) is 1.75. The fourth-order valence-electron chi connectivity index (χ4n) is 1.06. The molecule has 0 radical (unpaired) electrons. The first-order valence-electron chi connectivity index (χ1n) is 4.94. The minimum atomic E-state index is -3.97. The summed E-state index contributed by atoms with van der Waals surface area (Å²) >= 11 is 0. The molecule has 4 nitrogen and oxygen atoms in total. The largest absolute Gasteiger partial charge is 1.00 e. The molecule has 0 fully saturated rings. The molecule has 0 aliphatic rings. The van der Waals surface area contributed by atoms with E-state index in [1.165, 1.54) is 12.8 Å². The molecular weight excluding hydrogens is 227 g/mol. The molecule has 0 spiro atoms. The van der Waals surface area contributed by atoms with Crippen molar-refractivity contribution < 1.29 is 47.6 Å². The molecule has 0 heterocycles. The Morgan fingerprint density at radius 3 is 1.80 bits per heavy atom. The Morgan fingerprint density at radius 2 is 1.40 bits per heavy atom. The van der Waals surface area contributed by atoms with E-state index < -0.39 is 10.1 Å². The van der Waals surface area contributed by atoms with E-state index >= 15 is 0 Å². The number of aliphatic hydroxyl groups excluding tert-OH is 1. The minimum Gasteiger partial charge on any atom is -0.748 e. The second-order valence-electron chi connectivity index (χ2n) is 3.03. The average Bonchev–Trinajstić information content (AvgIpc) is 2.13. The van der Waals surface area contributed by atoms with Crippen molar-refractivity contribution in [3.63, 3.8) is 0 Å². The zero-order valence-electron chi connectivity index (χ0n) is 10.0. The van der Waals surface area contributed by atoms with Gasteiger partial charge in [-0.25, -0.2) is 8.42 Å². The predicted molar refractivity (Wildman–Crippen MR) is 56.1 cm³/mol. The molecule has 0 aliphatic heterocycles. The van der Waals surface area contributed by atoms with Crippen molar-refractivity contribution in [3.8, 4) is 0 Å². The summed E-state index contributed by atoms with van der Waals surface area (Å²) in [6, 6.07) is 0. The third kappa shape index (κ3) is 25.3. The van der Waals surface area contributed by atoms with Gasteiger partial charge in [0, 0.05) is 12.9 Å². The van der Waals surface area contributed by atoms with E-state index in [4.69, 9.17) is 5.11 Å². The van der Waals surface area contributed by atoms with Crippen LogP contribution in [0.25, 0.3) is 0 Å². The number of aliphatic hydroxyl groups is 1. The molecule has 0 atom stereocenters. The molecule has 1 N–H and O–H groups in total. The van der Waals surface area contributed by atoms with Gasteiger partial charge in [-0.2, -0.15) is 0 Å². The second kappa shape index (κ2) is 14.9. The van der Waals surface area contributed by atoms with Crippen molar-refractivity contribution in [2.45, 2.75) is 45.4 Å². The molecule has 88 valence electrons. The average molecular weight is 248 g/mol. The van der Waals surface area contributed by atoms with Crippen LogP contribution in [0.15, 0.2) is 0 Å². The van der Waals surface area contributed by atoms with Gasteiger partial charge in [-0.3, -0.25) is 0 Å². The second-order valence-corrected chi connectivity index (χ2v) is 4.55. The van der Waals surface area contributed by atoms with Crippen LogP contribution in [-0.4, -0.2) is 30.9 Å². The summed E-state index contributed by atoms with van der Waals surface area (Å²) in [6.45, 7) is 2.13. The summed E-state index contributed by atoms with van der Waals surface area (Å²) in [4.78, 5) is 0. The van der Waals surface area contributed by atoms with Crippen LogP contribution in [0, 0.1) is 0 Å². The van der Waals surface area contributed by atoms with Crippen LogP contribution in [0.4, 0.5) is 0 Å². The van der Waals surface area contributed by atoms with Gasteiger partial charge >= 0.3 is 29.6 Å². The molecule has 0 aliphatic carbocycles. The molecule has 0 unspecified atom stereocenters. The van der Waals surface area contributed by atoms with E-state index in [-0.39, 0.29) is 35.3 Å². The zero-order chi connectivity index (χ0) is 11.4. The SMILES string of the molecule is CCCCCCCCS(=O)(=O)[O-].CO.[Na+]. The normalized spacial score (nSPS) is 9.87. The van der Waals surface area contributed by atoms with Crippen molar-refractivity contribution in [1.82, 2.24) is 0 Å². The summed E-state index contributed by atoms with van der Waals surface area (Å²) in [5.41, 5.74) is 0. The van der Waals surface area contributed by atoms with Gasteiger partial charge in [-0.05, 0) is 6.42 Å². The Bertz CT molecular complexity index is 192. The first-order valence-corrected chi connectivity index (χ1v) is 6.52. The molecule has 0 bridgehead atoms. The van der Waals surface area contributed by atoms with Crippen molar-refractivity contribution in [2.75, 3.05) is 12.9 Å². The fraction of sp³-hybridized carbons (Fsp3) is 1.00. The van der Waals surface area contributed by atoms with Crippen molar-refractivity contribution in [2.24, 2.45) is 0 Å². The van der Waals surface area contributed by atoms with Crippen LogP contribution >= 0.6 is 0 Å². The van der Waals surface area contributed by atoms with Crippen LogP contribution in [0.2, 0.25) is 0 Å². The number of rotatable bonds is 7. The zero-order valence-corrected chi connectivity index (χ0v) is 12.8. The Morgan fingerprint density at radius 1 is 1.00 bits per heavy atom. The van der Waals surface area contributed by atoms with Crippen LogP contribution in [-0.2, 0) is 10.1 Å². The molecule has 0 aromatic carbocycles. The van der Waals surface area contributed by atoms with Crippen LogP contribution in [0.5, 0.6) is 0 Å². The quantitative estimate of drug-likeness (QED) is 0.338. The number of hydrogen-bond donors (Lipinski definition) is 1. The molecule has 0 saturated carbocycles. The summed E-state index contributed by atoms with van der Waals surface area (Å²) in [5, 5.41) is 7.00. The first-order chi connectivity index (χ1) is 6.56. The van der Waals surface area contributed by atoms with Gasteiger partial charge in [-0.15, -0.1) is 0 Å². The standard InChI is InChI=1S/C8H18O3S.CH4O.Na/c1-2-3-4-5-6-7-8-12(9,10)11;1-2;/h2-8H2,1H3,(H,9,10,11);2H,1H3;/q;;+1/p-1. The molecule has 0 aromatic rings. The van der Waals surface area contributed by atoms with Gasteiger partial charge in [0.2, 0.25) is 0 Å². The fourth-order valence-corrected chi connectivity index (χ4v) is 1.62. The molecule has 15 heavy (non-hydrogen) atoms. The maximum absolute atomic E-state index is 10.2. The summed E-state index contributed by atoms with van der Waals surface area (Å²) < 4.78 is 30.5. The van der Waals surface area contributed by atoms with E-state index in [9.17, 15) is 13.0 Å². The van der Waals surface area contributed by atoms with Crippen LogP contribution < -0.4 is 29.6 Å². The number of hydrogen-bond acceptors (Lipinski definition) is 4. The van der Waals surface area contributed by atoms with Crippen LogP contribution in [0.1, 0.15) is 45.4 Å². The van der Waals surface area contributed by atoms with Crippen molar-refractivity contribution in [3.05, 3.63) is 0 Å². The molecule has 0 saturated heterocycles. The van der Waals surface area contributed by atoms with E-state index in [2.05, 4.69) is 6.92 Å². The van der Waals surface area contributed by atoms with E-state index in [1.54, 1.807) is 0 Å². The van der Waals surface area contributed by atoms with Gasteiger partial charge in [0.15, 0.2) is 0 Å². The molecular formula is C9H21NaO4S. The summed E-state index contributed by atoms with van der Waals surface area (Å²) in [5.74, 6) is -0.195. The van der Waals surface area contributed by atoms with Crippen LogP contribution in [0.3, 0.4) is 0 Å². The molecule has 0 rings (SSSR count). The van der Waals surface area contributed by atoms with Gasteiger partial charge in [0.1, 0.15) is 0 Å². The summed E-state index contributed by atoms with van der Waals surface area (Å²) in [7, 11) is -2.97. The van der Waals surface area contributed by atoms with Gasteiger partial charge in [-0.1, -0.05) is 39.0 Å². The molecule has 0 amide bonds. The Kier molecular flexibility index (Phi) is 21.0. The molecule has 0 aromatic heterocycles. The van der Waals surface area contributed by atoms with E-state index in [1.807, 2.05) is 0 Å². The monoisotopic (exact) mass is 248 g/mol. The maximum Gasteiger partial charge on any atom is 1.00 e.